The smallest absolute Gasteiger partial charge is 0.258 e. The molecule has 0 aliphatic carbocycles. The van der Waals surface area contributed by atoms with Gasteiger partial charge in [0.15, 0.2) is 5.82 Å². The first-order chi connectivity index (χ1) is 17.1. The van der Waals surface area contributed by atoms with E-state index in [-0.39, 0.29) is 11.3 Å². The van der Waals surface area contributed by atoms with Crippen LogP contribution in [0.15, 0.2) is 47.5 Å². The minimum atomic E-state index is -0.349. The third kappa shape index (κ3) is 5.92. The molecule has 4 rings (SSSR count). The van der Waals surface area contributed by atoms with Gasteiger partial charge in [-0.05, 0) is 33.2 Å². The SMILES string of the molecule is Cc1ncc(C(=O)Nc2cc(C(C)(C)C)on2)cc1-n1cc(-c2cncc(NCCN(C)C)c2)nn1. The number of nitrogens with zero attached hydrogens (tertiary/aromatic N) is 7. The molecule has 0 atom stereocenters. The molecular formula is C25H31N9O2. The van der Waals surface area contributed by atoms with Gasteiger partial charge in [0.25, 0.3) is 5.91 Å². The van der Waals surface area contributed by atoms with Crippen LogP contribution < -0.4 is 10.6 Å². The van der Waals surface area contributed by atoms with Crippen molar-refractivity contribution < 1.29 is 9.32 Å². The number of carbonyl (C=O) groups excluding carboxylic acids is 1. The number of rotatable bonds is 8. The summed E-state index contributed by atoms with van der Waals surface area (Å²) in [6, 6.07) is 5.43. The van der Waals surface area contributed by atoms with Gasteiger partial charge < -0.3 is 20.1 Å². The summed E-state index contributed by atoms with van der Waals surface area (Å²) in [5.41, 5.74) is 3.89. The van der Waals surface area contributed by atoms with Gasteiger partial charge in [0.1, 0.15) is 11.5 Å². The number of anilines is 2. The molecule has 0 saturated heterocycles. The van der Waals surface area contributed by atoms with Gasteiger partial charge >= 0.3 is 0 Å². The Morgan fingerprint density at radius 1 is 1.14 bits per heavy atom. The molecule has 0 saturated carbocycles. The molecule has 0 aromatic carbocycles. The third-order valence-corrected chi connectivity index (χ3v) is 5.48. The van der Waals surface area contributed by atoms with Crippen molar-refractivity contribution in [3.05, 3.63) is 60.0 Å². The van der Waals surface area contributed by atoms with E-state index in [2.05, 4.69) is 41.0 Å². The van der Waals surface area contributed by atoms with E-state index in [0.29, 0.717) is 34.2 Å². The Morgan fingerprint density at radius 2 is 1.94 bits per heavy atom. The van der Waals surface area contributed by atoms with Gasteiger partial charge in [-0.25, -0.2) is 4.68 Å². The normalized spacial score (nSPS) is 11.6. The third-order valence-electron chi connectivity index (χ3n) is 5.48. The topological polar surface area (TPSA) is 127 Å². The molecular weight excluding hydrogens is 458 g/mol. The van der Waals surface area contributed by atoms with Crippen LogP contribution in [0.2, 0.25) is 0 Å². The molecule has 0 spiro atoms. The van der Waals surface area contributed by atoms with E-state index in [4.69, 9.17) is 4.52 Å². The van der Waals surface area contributed by atoms with Gasteiger partial charge in [0.05, 0.1) is 28.8 Å². The lowest BCUT2D eigenvalue weighted by Gasteiger charge is -2.12. The average molecular weight is 490 g/mol. The van der Waals surface area contributed by atoms with Crippen LogP contribution >= 0.6 is 0 Å². The second kappa shape index (κ2) is 10.2. The van der Waals surface area contributed by atoms with Crippen LogP contribution in [0.5, 0.6) is 0 Å². The fourth-order valence-electron chi connectivity index (χ4n) is 3.37. The number of aryl methyl sites for hydroxylation is 1. The molecule has 0 radical (unpaired) electrons. The van der Waals surface area contributed by atoms with Gasteiger partial charge in [-0.2, -0.15) is 0 Å². The summed E-state index contributed by atoms with van der Waals surface area (Å²) in [5, 5.41) is 18.6. The van der Waals surface area contributed by atoms with Crippen molar-refractivity contribution in [1.29, 1.82) is 0 Å². The van der Waals surface area contributed by atoms with Crippen molar-refractivity contribution in [3.8, 4) is 16.9 Å². The van der Waals surface area contributed by atoms with E-state index in [1.165, 1.54) is 6.20 Å². The summed E-state index contributed by atoms with van der Waals surface area (Å²) >= 11 is 0. The second-order valence-electron chi connectivity index (χ2n) is 9.85. The summed E-state index contributed by atoms with van der Waals surface area (Å²) in [6.07, 6.45) is 6.83. The predicted octanol–water partition coefficient (Wildman–Crippen LogP) is 3.54. The van der Waals surface area contributed by atoms with E-state index < -0.39 is 0 Å². The Morgan fingerprint density at radius 3 is 2.67 bits per heavy atom. The maximum atomic E-state index is 12.9. The molecule has 0 aliphatic heterocycles. The van der Waals surface area contributed by atoms with E-state index >= 15 is 0 Å². The lowest BCUT2D eigenvalue weighted by molar-refractivity contribution is 0.102. The highest BCUT2D eigenvalue weighted by molar-refractivity contribution is 6.03. The molecule has 0 unspecified atom stereocenters. The van der Waals surface area contributed by atoms with Crippen molar-refractivity contribution in [3.63, 3.8) is 0 Å². The zero-order chi connectivity index (χ0) is 25.9. The number of likely N-dealkylation sites (N-methyl/N-ethyl adjacent to an activating group) is 1. The number of hydrogen-bond acceptors (Lipinski definition) is 9. The lowest BCUT2D eigenvalue weighted by Crippen LogP contribution is -2.20. The fourth-order valence-corrected chi connectivity index (χ4v) is 3.37. The van der Waals surface area contributed by atoms with Crippen molar-refractivity contribution >= 4 is 17.4 Å². The quantitative estimate of drug-likeness (QED) is 0.382. The Bertz CT molecular complexity index is 1350. The number of carbonyl (C=O) groups is 1. The number of amides is 1. The summed E-state index contributed by atoms with van der Waals surface area (Å²) < 4.78 is 6.95. The Labute approximate surface area is 209 Å². The Balaban J connectivity index is 1.52. The highest BCUT2D eigenvalue weighted by atomic mass is 16.5. The van der Waals surface area contributed by atoms with Crippen LogP contribution in [0, 0.1) is 6.92 Å². The molecule has 11 nitrogen and oxygen atoms in total. The summed E-state index contributed by atoms with van der Waals surface area (Å²) in [7, 11) is 4.06. The average Bonchev–Trinajstić information content (AvgIpc) is 3.49. The highest BCUT2D eigenvalue weighted by Gasteiger charge is 2.21. The molecule has 2 N–H and O–H groups in total. The highest BCUT2D eigenvalue weighted by Crippen LogP contribution is 2.25. The van der Waals surface area contributed by atoms with Gasteiger partial charge in [0, 0.05) is 48.7 Å². The maximum Gasteiger partial charge on any atom is 0.258 e. The Hall–Kier alpha value is -4.12. The molecule has 11 heteroatoms. The number of nitrogens with one attached hydrogen (secondary N) is 2. The number of aromatic nitrogens is 6. The first kappa shape index (κ1) is 25.0. The molecule has 0 bridgehead atoms. The van der Waals surface area contributed by atoms with Crippen LogP contribution in [0.1, 0.15) is 42.6 Å². The van der Waals surface area contributed by atoms with Gasteiger partial charge in [-0.3, -0.25) is 14.8 Å². The van der Waals surface area contributed by atoms with E-state index in [9.17, 15) is 4.79 Å². The van der Waals surface area contributed by atoms with Gasteiger partial charge in [-0.15, -0.1) is 5.10 Å². The number of hydrogen-bond donors (Lipinski definition) is 2. The number of pyridine rings is 2. The minimum Gasteiger partial charge on any atom is -0.382 e. The fraction of sp³-hybridized carbons (Fsp3) is 0.360. The lowest BCUT2D eigenvalue weighted by atomic mass is 9.93. The molecule has 36 heavy (non-hydrogen) atoms. The zero-order valence-electron chi connectivity index (χ0n) is 21.4. The van der Waals surface area contributed by atoms with Gasteiger partial charge in [-0.1, -0.05) is 31.1 Å². The van der Waals surface area contributed by atoms with E-state index in [1.807, 2.05) is 47.9 Å². The molecule has 4 aromatic rings. The van der Waals surface area contributed by atoms with Crippen molar-refractivity contribution in [2.75, 3.05) is 37.8 Å². The van der Waals surface area contributed by atoms with E-state index in [1.54, 1.807) is 35.4 Å². The second-order valence-corrected chi connectivity index (χ2v) is 9.85. The standard InChI is InChI=1S/C25H31N9O2/c1-16-21(10-18(13-28-16)24(35)29-23-11-22(36-31-23)25(2,3)4)34-15-20(30-32-34)17-9-19(14-26-12-17)27-7-8-33(5)6/h9-15,27H,7-8H2,1-6H3,(H,29,31,35). The van der Waals surface area contributed by atoms with Crippen LogP contribution in [0.25, 0.3) is 16.9 Å². The predicted molar refractivity (Wildman–Crippen MR) is 137 cm³/mol. The van der Waals surface area contributed by atoms with Gasteiger partial charge in [0.2, 0.25) is 0 Å². The first-order valence-electron chi connectivity index (χ1n) is 11.6. The van der Waals surface area contributed by atoms with Crippen LogP contribution in [0.3, 0.4) is 0 Å². The van der Waals surface area contributed by atoms with Crippen LogP contribution in [-0.4, -0.2) is 68.1 Å². The summed E-state index contributed by atoms with van der Waals surface area (Å²) in [5.74, 6) is 0.683. The first-order valence-corrected chi connectivity index (χ1v) is 11.6. The Kier molecular flexibility index (Phi) is 7.11. The van der Waals surface area contributed by atoms with Crippen LogP contribution in [-0.2, 0) is 5.41 Å². The molecule has 4 heterocycles. The summed E-state index contributed by atoms with van der Waals surface area (Å²) in [4.78, 5) is 23.7. The maximum absolute atomic E-state index is 12.9. The minimum absolute atomic E-state index is 0.212. The molecule has 1 amide bonds. The van der Waals surface area contributed by atoms with E-state index in [0.717, 1.165) is 24.3 Å². The van der Waals surface area contributed by atoms with Crippen molar-refractivity contribution in [1.82, 2.24) is 35.0 Å². The largest absolute Gasteiger partial charge is 0.382 e. The molecule has 188 valence electrons. The summed E-state index contributed by atoms with van der Waals surface area (Å²) in [6.45, 7) is 9.59. The van der Waals surface area contributed by atoms with Crippen molar-refractivity contribution in [2.45, 2.75) is 33.1 Å². The van der Waals surface area contributed by atoms with Crippen molar-refractivity contribution in [2.24, 2.45) is 0 Å². The molecule has 0 fully saturated rings. The molecule has 0 aliphatic rings. The van der Waals surface area contributed by atoms with Crippen LogP contribution in [0.4, 0.5) is 11.5 Å². The monoisotopic (exact) mass is 489 g/mol. The zero-order valence-corrected chi connectivity index (χ0v) is 21.4. The molecule has 4 aromatic heterocycles.